The lowest BCUT2D eigenvalue weighted by Crippen LogP contribution is -2.39. The zero-order valence-electron chi connectivity index (χ0n) is 11.8. The predicted molar refractivity (Wildman–Crippen MR) is 80.2 cm³/mol. The topological polar surface area (TPSA) is 31.1 Å². The van der Waals surface area contributed by atoms with E-state index in [4.69, 9.17) is 0 Å². The van der Waals surface area contributed by atoms with Crippen LogP contribution in [0.5, 0.6) is 0 Å². The van der Waals surface area contributed by atoms with Crippen molar-refractivity contribution in [3.63, 3.8) is 0 Å². The zero-order valence-corrected chi connectivity index (χ0v) is 11.8. The van der Waals surface area contributed by atoms with Crippen LogP contribution in [-0.2, 0) is 6.54 Å². The van der Waals surface area contributed by atoms with Crippen molar-refractivity contribution in [3.05, 3.63) is 36.0 Å². The first-order valence-electron chi connectivity index (χ1n) is 7.18. The molecule has 0 bridgehead atoms. The molecule has 1 heterocycles. The highest BCUT2D eigenvalue weighted by Crippen LogP contribution is 2.34. The van der Waals surface area contributed by atoms with E-state index in [1.807, 2.05) is 6.20 Å². The molecule has 3 rings (SSSR count). The molecule has 1 atom stereocenters. The van der Waals surface area contributed by atoms with Crippen molar-refractivity contribution in [1.82, 2.24) is 15.2 Å². The third-order valence-electron chi connectivity index (χ3n) is 4.18. The minimum atomic E-state index is 0.686. The van der Waals surface area contributed by atoms with Crippen molar-refractivity contribution < 1.29 is 0 Å². The Morgan fingerprint density at radius 3 is 2.89 bits per heavy atom. The molecule has 1 fully saturated rings. The largest absolute Gasteiger partial charge is 0.361 e. The first-order valence-corrected chi connectivity index (χ1v) is 7.18. The third-order valence-corrected chi connectivity index (χ3v) is 4.18. The summed E-state index contributed by atoms with van der Waals surface area (Å²) >= 11 is 0. The maximum Gasteiger partial charge on any atom is 0.0457 e. The van der Waals surface area contributed by atoms with Crippen molar-refractivity contribution in [2.45, 2.75) is 25.4 Å². The second-order valence-corrected chi connectivity index (χ2v) is 5.86. The van der Waals surface area contributed by atoms with Crippen LogP contribution in [0.3, 0.4) is 0 Å². The number of hydrogen-bond acceptors (Lipinski definition) is 2. The number of fused-ring (bicyclic) bond motifs is 1. The van der Waals surface area contributed by atoms with Gasteiger partial charge in [-0.25, -0.2) is 0 Å². The number of benzene rings is 1. The second-order valence-electron chi connectivity index (χ2n) is 5.86. The molecule has 1 aliphatic carbocycles. The van der Waals surface area contributed by atoms with Crippen LogP contribution in [0.4, 0.5) is 0 Å². The predicted octanol–water partition coefficient (Wildman–Crippen LogP) is 2.60. The molecule has 1 unspecified atom stereocenters. The summed E-state index contributed by atoms with van der Waals surface area (Å²) in [5.41, 5.74) is 2.61. The highest BCUT2D eigenvalue weighted by Gasteiger charge is 2.32. The van der Waals surface area contributed by atoms with Crippen LogP contribution in [0.25, 0.3) is 10.9 Å². The van der Waals surface area contributed by atoms with Crippen molar-refractivity contribution in [2.24, 2.45) is 5.92 Å². The molecule has 2 N–H and O–H groups in total. The number of hydrogen-bond donors (Lipinski definition) is 2. The van der Waals surface area contributed by atoms with Gasteiger partial charge in [-0.05, 0) is 50.6 Å². The summed E-state index contributed by atoms with van der Waals surface area (Å²) in [6.07, 6.45) is 4.82. The molecule has 0 aliphatic heterocycles. The van der Waals surface area contributed by atoms with Gasteiger partial charge in [0.2, 0.25) is 0 Å². The fraction of sp³-hybridized carbons (Fsp3) is 0.500. The molecule has 0 saturated heterocycles. The number of H-pyrrole nitrogens is 1. The van der Waals surface area contributed by atoms with Gasteiger partial charge in [-0.1, -0.05) is 12.1 Å². The molecule has 0 amide bonds. The fourth-order valence-corrected chi connectivity index (χ4v) is 2.91. The minimum absolute atomic E-state index is 0.686. The maximum absolute atomic E-state index is 3.63. The molecule has 1 saturated carbocycles. The molecule has 3 heteroatoms. The van der Waals surface area contributed by atoms with Crippen molar-refractivity contribution in [3.8, 4) is 0 Å². The second kappa shape index (κ2) is 5.35. The molecular formula is C16H23N3. The van der Waals surface area contributed by atoms with Gasteiger partial charge in [-0.3, -0.25) is 0 Å². The molecule has 0 radical (unpaired) electrons. The molecule has 3 nitrogen and oxygen atoms in total. The van der Waals surface area contributed by atoms with Gasteiger partial charge in [0.05, 0.1) is 0 Å². The summed E-state index contributed by atoms with van der Waals surface area (Å²) < 4.78 is 0. The fourth-order valence-electron chi connectivity index (χ4n) is 2.91. The SMILES string of the molecule is CN(C)C(CNCc1cccc2[nH]ccc12)C1CC1. The van der Waals surface area contributed by atoms with E-state index in [0.717, 1.165) is 19.0 Å². The van der Waals surface area contributed by atoms with Gasteiger partial charge in [0.1, 0.15) is 0 Å². The highest BCUT2D eigenvalue weighted by molar-refractivity contribution is 5.82. The Hall–Kier alpha value is -1.32. The lowest BCUT2D eigenvalue weighted by Gasteiger charge is -2.24. The molecule has 2 aromatic rings. The Labute approximate surface area is 115 Å². The standard InChI is InChI=1S/C16H23N3/c1-19(2)16(12-6-7-12)11-17-10-13-4-3-5-15-14(13)8-9-18-15/h3-5,8-9,12,16-18H,6-7,10-11H2,1-2H3. The highest BCUT2D eigenvalue weighted by atomic mass is 15.1. The summed E-state index contributed by atoms with van der Waals surface area (Å²) in [5.74, 6) is 0.908. The number of nitrogens with zero attached hydrogens (tertiary/aromatic N) is 1. The summed E-state index contributed by atoms with van der Waals surface area (Å²) in [6.45, 7) is 2.03. The van der Waals surface area contributed by atoms with E-state index in [-0.39, 0.29) is 0 Å². The maximum atomic E-state index is 3.63. The average molecular weight is 257 g/mol. The van der Waals surface area contributed by atoms with Crippen molar-refractivity contribution >= 4 is 10.9 Å². The van der Waals surface area contributed by atoms with Crippen LogP contribution in [0, 0.1) is 5.92 Å². The van der Waals surface area contributed by atoms with Crippen molar-refractivity contribution in [2.75, 3.05) is 20.6 Å². The van der Waals surface area contributed by atoms with Crippen LogP contribution in [0.2, 0.25) is 0 Å². The zero-order chi connectivity index (χ0) is 13.2. The van der Waals surface area contributed by atoms with Crippen LogP contribution in [0.1, 0.15) is 18.4 Å². The molecule has 102 valence electrons. The van der Waals surface area contributed by atoms with Gasteiger partial charge in [-0.2, -0.15) is 0 Å². The van der Waals surface area contributed by atoms with E-state index in [1.165, 1.54) is 29.3 Å². The summed E-state index contributed by atoms with van der Waals surface area (Å²) in [7, 11) is 4.38. The molecule has 1 aliphatic rings. The molecule has 19 heavy (non-hydrogen) atoms. The van der Waals surface area contributed by atoms with E-state index < -0.39 is 0 Å². The smallest absolute Gasteiger partial charge is 0.0457 e. The third kappa shape index (κ3) is 2.82. The van der Waals surface area contributed by atoms with Crippen LogP contribution in [-0.4, -0.2) is 36.6 Å². The van der Waals surface area contributed by atoms with E-state index in [0.29, 0.717) is 6.04 Å². The minimum Gasteiger partial charge on any atom is -0.361 e. The quantitative estimate of drug-likeness (QED) is 0.833. The van der Waals surface area contributed by atoms with Crippen molar-refractivity contribution in [1.29, 1.82) is 0 Å². The molecule has 1 aromatic heterocycles. The van der Waals surface area contributed by atoms with E-state index in [2.05, 4.69) is 53.6 Å². The van der Waals surface area contributed by atoms with Gasteiger partial charge in [0.25, 0.3) is 0 Å². The molecular weight excluding hydrogens is 234 g/mol. The normalized spacial score (nSPS) is 17.2. The van der Waals surface area contributed by atoms with Gasteiger partial charge < -0.3 is 15.2 Å². The number of likely N-dealkylation sites (N-methyl/N-ethyl adjacent to an activating group) is 1. The van der Waals surface area contributed by atoms with Gasteiger partial charge >= 0.3 is 0 Å². The van der Waals surface area contributed by atoms with E-state index in [1.54, 1.807) is 0 Å². The Kier molecular flexibility index (Phi) is 3.58. The first kappa shape index (κ1) is 12.7. The van der Waals surface area contributed by atoms with Crippen LogP contribution < -0.4 is 5.32 Å². The summed E-state index contributed by atoms with van der Waals surface area (Å²) in [6, 6.07) is 9.32. The monoisotopic (exact) mass is 257 g/mol. The number of aromatic nitrogens is 1. The Balaban J connectivity index is 1.61. The summed E-state index contributed by atoms with van der Waals surface area (Å²) in [5, 5.41) is 4.97. The summed E-state index contributed by atoms with van der Waals surface area (Å²) in [4.78, 5) is 5.63. The van der Waals surface area contributed by atoms with Gasteiger partial charge in [-0.15, -0.1) is 0 Å². The Bertz CT molecular complexity index is 538. The average Bonchev–Trinajstić information content (AvgIpc) is 3.10. The van der Waals surface area contributed by atoms with Gasteiger partial charge in [0, 0.05) is 36.2 Å². The number of aromatic amines is 1. The van der Waals surface area contributed by atoms with Crippen LogP contribution >= 0.6 is 0 Å². The first-order chi connectivity index (χ1) is 9.25. The lowest BCUT2D eigenvalue weighted by molar-refractivity contribution is 0.255. The number of nitrogens with one attached hydrogen (secondary N) is 2. The van der Waals surface area contributed by atoms with E-state index in [9.17, 15) is 0 Å². The molecule has 1 aromatic carbocycles. The number of rotatable bonds is 6. The Morgan fingerprint density at radius 2 is 2.16 bits per heavy atom. The lowest BCUT2D eigenvalue weighted by atomic mass is 10.1. The van der Waals surface area contributed by atoms with Gasteiger partial charge in [0.15, 0.2) is 0 Å². The van der Waals surface area contributed by atoms with Crippen LogP contribution in [0.15, 0.2) is 30.5 Å². The molecule has 0 spiro atoms. The van der Waals surface area contributed by atoms with E-state index >= 15 is 0 Å². The Morgan fingerprint density at radius 1 is 1.32 bits per heavy atom.